The van der Waals surface area contributed by atoms with Crippen LogP contribution in [0.3, 0.4) is 0 Å². The van der Waals surface area contributed by atoms with Crippen LogP contribution >= 0.6 is 0 Å². The Morgan fingerprint density at radius 3 is 2.48 bits per heavy atom. The smallest absolute Gasteiger partial charge is 0.0363 e. The van der Waals surface area contributed by atoms with Gasteiger partial charge < -0.3 is 15.1 Å². The van der Waals surface area contributed by atoms with Gasteiger partial charge in [0.2, 0.25) is 0 Å². The molecular weight excluding hydrogens is 258 g/mol. The molecule has 0 unspecified atom stereocenters. The number of nitrogens with one attached hydrogen (secondary N) is 1. The highest BCUT2D eigenvalue weighted by atomic mass is 15.1. The van der Waals surface area contributed by atoms with E-state index in [9.17, 15) is 0 Å². The first kappa shape index (κ1) is 16.3. The van der Waals surface area contributed by atoms with E-state index in [0.29, 0.717) is 0 Å². The number of piperidine rings is 1. The molecule has 3 heteroatoms. The molecule has 0 amide bonds. The molecular formula is C18H31N3. The van der Waals surface area contributed by atoms with Crippen LogP contribution in [0.15, 0.2) is 24.3 Å². The minimum absolute atomic E-state index is 0.845. The van der Waals surface area contributed by atoms with Crippen LogP contribution in [0.25, 0.3) is 0 Å². The van der Waals surface area contributed by atoms with Crippen molar-refractivity contribution in [3.8, 4) is 0 Å². The van der Waals surface area contributed by atoms with Crippen molar-refractivity contribution in [1.82, 2.24) is 10.2 Å². The maximum Gasteiger partial charge on any atom is 0.0363 e. The molecule has 1 aliphatic rings. The molecule has 1 aromatic rings. The molecule has 0 saturated carbocycles. The largest absolute Gasteiger partial charge is 0.374 e. The van der Waals surface area contributed by atoms with E-state index in [-0.39, 0.29) is 0 Å². The van der Waals surface area contributed by atoms with Gasteiger partial charge in [-0.15, -0.1) is 0 Å². The Kier molecular flexibility index (Phi) is 6.52. The summed E-state index contributed by atoms with van der Waals surface area (Å²) < 4.78 is 0. The van der Waals surface area contributed by atoms with Crippen LogP contribution in [-0.2, 0) is 6.54 Å². The Balaban J connectivity index is 1.80. The van der Waals surface area contributed by atoms with Gasteiger partial charge in [0.25, 0.3) is 0 Å². The summed E-state index contributed by atoms with van der Waals surface area (Å²) in [4.78, 5) is 4.85. The molecule has 0 atom stereocenters. The quantitative estimate of drug-likeness (QED) is 0.779. The van der Waals surface area contributed by atoms with Crippen LogP contribution in [0.2, 0.25) is 0 Å². The molecule has 1 N–H and O–H groups in total. The normalized spacial score (nSPS) is 17.1. The van der Waals surface area contributed by atoms with Gasteiger partial charge in [0.05, 0.1) is 0 Å². The Labute approximate surface area is 130 Å². The molecule has 3 nitrogen and oxygen atoms in total. The topological polar surface area (TPSA) is 18.5 Å². The van der Waals surface area contributed by atoms with Crippen LogP contribution in [-0.4, -0.2) is 45.2 Å². The van der Waals surface area contributed by atoms with E-state index < -0.39 is 0 Å². The molecule has 1 aromatic carbocycles. The van der Waals surface area contributed by atoms with E-state index in [2.05, 4.69) is 60.4 Å². The average molecular weight is 289 g/mol. The lowest BCUT2D eigenvalue weighted by Gasteiger charge is -2.32. The summed E-state index contributed by atoms with van der Waals surface area (Å²) in [5.74, 6) is 0.845. The zero-order valence-corrected chi connectivity index (χ0v) is 13.9. The van der Waals surface area contributed by atoms with Crippen molar-refractivity contribution in [1.29, 1.82) is 0 Å². The van der Waals surface area contributed by atoms with Gasteiger partial charge in [0.15, 0.2) is 0 Å². The summed E-state index contributed by atoms with van der Waals surface area (Å²) in [7, 11) is 4.45. The molecule has 0 aromatic heterocycles. The van der Waals surface area contributed by atoms with Crippen LogP contribution < -0.4 is 10.2 Å². The Morgan fingerprint density at radius 2 is 1.86 bits per heavy atom. The zero-order valence-electron chi connectivity index (χ0n) is 13.9. The first-order chi connectivity index (χ1) is 10.2. The molecule has 2 rings (SSSR count). The number of likely N-dealkylation sites (tertiary alicyclic amines) is 1. The van der Waals surface area contributed by atoms with E-state index in [4.69, 9.17) is 0 Å². The van der Waals surface area contributed by atoms with Gasteiger partial charge in [-0.05, 0) is 69.6 Å². The van der Waals surface area contributed by atoms with Crippen LogP contribution in [0, 0.1) is 5.92 Å². The summed E-state index contributed by atoms with van der Waals surface area (Å²) in [6.07, 6.45) is 3.86. The number of anilines is 1. The second-order valence-corrected chi connectivity index (χ2v) is 6.47. The van der Waals surface area contributed by atoms with Crippen LogP contribution in [0.4, 0.5) is 5.69 Å². The van der Waals surface area contributed by atoms with Crippen molar-refractivity contribution in [3.63, 3.8) is 0 Å². The number of hydrogen-bond acceptors (Lipinski definition) is 3. The van der Waals surface area contributed by atoms with E-state index in [1.54, 1.807) is 0 Å². The molecule has 0 radical (unpaired) electrons. The Morgan fingerprint density at radius 1 is 1.19 bits per heavy atom. The number of hydrogen-bond donors (Lipinski definition) is 1. The monoisotopic (exact) mass is 289 g/mol. The van der Waals surface area contributed by atoms with Crippen LogP contribution in [0.1, 0.15) is 31.7 Å². The summed E-state index contributed by atoms with van der Waals surface area (Å²) >= 11 is 0. The molecule has 1 aliphatic heterocycles. The SMILES string of the molecule is CCCNCc1ccc(N(C)CC2CCN(C)CC2)cc1. The fourth-order valence-corrected chi connectivity index (χ4v) is 3.02. The van der Waals surface area contributed by atoms with Crippen molar-refractivity contribution in [2.24, 2.45) is 5.92 Å². The minimum atomic E-state index is 0.845. The molecule has 1 heterocycles. The fraction of sp³-hybridized carbons (Fsp3) is 0.667. The van der Waals surface area contributed by atoms with Gasteiger partial charge in [-0.1, -0.05) is 19.1 Å². The van der Waals surface area contributed by atoms with Gasteiger partial charge in [-0.2, -0.15) is 0 Å². The Bertz CT molecular complexity index is 393. The third-order valence-electron chi connectivity index (χ3n) is 4.50. The first-order valence-corrected chi connectivity index (χ1v) is 8.38. The van der Waals surface area contributed by atoms with Crippen molar-refractivity contribution >= 4 is 5.69 Å². The molecule has 0 aliphatic carbocycles. The van der Waals surface area contributed by atoms with E-state index in [1.165, 1.54) is 50.1 Å². The predicted octanol–water partition coefficient (Wildman–Crippen LogP) is 2.96. The molecule has 21 heavy (non-hydrogen) atoms. The number of nitrogens with zero attached hydrogens (tertiary/aromatic N) is 2. The summed E-state index contributed by atoms with van der Waals surface area (Å²) in [6, 6.07) is 9.03. The van der Waals surface area contributed by atoms with Crippen molar-refractivity contribution in [2.75, 3.05) is 45.2 Å². The number of benzene rings is 1. The maximum absolute atomic E-state index is 3.45. The third kappa shape index (κ3) is 5.33. The minimum Gasteiger partial charge on any atom is -0.374 e. The molecule has 1 saturated heterocycles. The van der Waals surface area contributed by atoms with Crippen molar-refractivity contribution < 1.29 is 0 Å². The summed E-state index contributed by atoms with van der Waals surface area (Å²) in [6.45, 7) is 7.96. The second-order valence-electron chi connectivity index (χ2n) is 6.47. The highest BCUT2D eigenvalue weighted by Gasteiger charge is 2.18. The van der Waals surface area contributed by atoms with E-state index in [0.717, 1.165) is 19.0 Å². The van der Waals surface area contributed by atoms with Gasteiger partial charge in [-0.3, -0.25) is 0 Å². The fourth-order valence-electron chi connectivity index (χ4n) is 3.02. The molecule has 118 valence electrons. The summed E-state index contributed by atoms with van der Waals surface area (Å²) in [5, 5.41) is 3.45. The Hall–Kier alpha value is -1.06. The zero-order chi connectivity index (χ0) is 15.1. The van der Waals surface area contributed by atoms with Gasteiger partial charge in [-0.25, -0.2) is 0 Å². The highest BCUT2D eigenvalue weighted by Crippen LogP contribution is 2.21. The molecule has 0 bridgehead atoms. The highest BCUT2D eigenvalue weighted by molar-refractivity contribution is 5.46. The van der Waals surface area contributed by atoms with E-state index in [1.807, 2.05) is 0 Å². The van der Waals surface area contributed by atoms with Gasteiger partial charge in [0, 0.05) is 25.8 Å². The lowest BCUT2D eigenvalue weighted by atomic mass is 9.96. The third-order valence-corrected chi connectivity index (χ3v) is 4.50. The van der Waals surface area contributed by atoms with Gasteiger partial charge >= 0.3 is 0 Å². The van der Waals surface area contributed by atoms with Crippen molar-refractivity contribution in [2.45, 2.75) is 32.7 Å². The second kappa shape index (κ2) is 8.40. The van der Waals surface area contributed by atoms with Crippen molar-refractivity contribution in [3.05, 3.63) is 29.8 Å². The predicted molar refractivity (Wildman–Crippen MR) is 91.9 cm³/mol. The molecule has 0 spiro atoms. The maximum atomic E-state index is 3.45. The van der Waals surface area contributed by atoms with Gasteiger partial charge in [0.1, 0.15) is 0 Å². The van der Waals surface area contributed by atoms with Crippen LogP contribution in [0.5, 0.6) is 0 Å². The first-order valence-electron chi connectivity index (χ1n) is 8.38. The molecule has 1 fully saturated rings. The standard InChI is InChI=1S/C18H31N3/c1-4-11-19-14-16-5-7-18(8-6-16)21(3)15-17-9-12-20(2)13-10-17/h5-8,17,19H,4,9-15H2,1-3H3. The lowest BCUT2D eigenvalue weighted by molar-refractivity contribution is 0.222. The average Bonchev–Trinajstić information content (AvgIpc) is 2.50. The van der Waals surface area contributed by atoms with E-state index >= 15 is 0 Å². The number of rotatable bonds is 7. The lowest BCUT2D eigenvalue weighted by Crippen LogP contribution is -2.35. The summed E-state index contributed by atoms with van der Waals surface area (Å²) in [5.41, 5.74) is 2.72.